The highest BCUT2D eigenvalue weighted by molar-refractivity contribution is 5.98. The molecule has 104 heavy (non-hydrogen) atoms. The summed E-state index contributed by atoms with van der Waals surface area (Å²) in [5.74, 6) is -12.5. The molecule has 7 rings (SSSR count). The number of aliphatic hydroxyl groups excluding tert-OH is 4. The van der Waals surface area contributed by atoms with Crippen molar-refractivity contribution in [3.63, 3.8) is 0 Å². The van der Waals surface area contributed by atoms with Crippen LogP contribution in [0.5, 0.6) is 5.75 Å². The second-order valence-electron chi connectivity index (χ2n) is 26.8. The van der Waals surface area contributed by atoms with Crippen molar-refractivity contribution in [1.29, 1.82) is 0 Å². The maximum atomic E-state index is 15.5. The number of nitrogens with zero attached hydrogens (tertiary/aromatic N) is 2. The number of ether oxygens (including phenoxy) is 4. The Morgan fingerprint density at radius 3 is 2.05 bits per heavy atom. The summed E-state index contributed by atoms with van der Waals surface area (Å²) in [5.41, 5.74) is -2.91. The van der Waals surface area contributed by atoms with E-state index in [2.05, 4.69) is 47.9 Å². The van der Waals surface area contributed by atoms with Crippen molar-refractivity contribution in [2.24, 2.45) is 17.8 Å². The molecule has 0 unspecified atom stereocenters. The summed E-state index contributed by atoms with van der Waals surface area (Å²) >= 11 is 0. The molecule has 1 aromatic heterocycles. The third-order valence-corrected chi connectivity index (χ3v) is 18.4. The van der Waals surface area contributed by atoms with E-state index in [4.69, 9.17) is 18.9 Å². The smallest absolute Gasteiger partial charge is 0.332 e. The summed E-state index contributed by atoms with van der Waals surface area (Å²) in [4.78, 5) is 182. The molecule has 3 aromatic rings. The third kappa shape index (κ3) is 23.8. The minimum absolute atomic E-state index is 0.0176. The Hall–Kier alpha value is -9.45. The molecule has 2 aromatic carbocycles. The van der Waals surface area contributed by atoms with Gasteiger partial charge in [0.1, 0.15) is 85.2 Å². The van der Waals surface area contributed by atoms with E-state index in [1.165, 1.54) is 52.1 Å². The van der Waals surface area contributed by atoms with E-state index in [0.29, 0.717) is 37.9 Å². The van der Waals surface area contributed by atoms with Crippen molar-refractivity contribution in [2.45, 2.75) is 198 Å². The molecule has 0 aliphatic carbocycles. The van der Waals surface area contributed by atoms with Crippen molar-refractivity contribution in [1.82, 2.24) is 62.3 Å². The van der Waals surface area contributed by atoms with Gasteiger partial charge in [-0.3, -0.25) is 62.3 Å². The summed E-state index contributed by atoms with van der Waals surface area (Å²) in [6.45, 7) is 10.2. The highest BCUT2D eigenvalue weighted by Gasteiger charge is 2.46. The first-order valence-corrected chi connectivity index (χ1v) is 34.8. The Morgan fingerprint density at radius 1 is 0.740 bits per heavy atom. The predicted octanol–water partition coefficient (Wildman–Crippen LogP) is -3.06. The van der Waals surface area contributed by atoms with Crippen LogP contribution < -0.4 is 63.8 Å². The van der Waals surface area contributed by atoms with Crippen molar-refractivity contribution >= 4 is 65.1 Å². The number of aromatic nitrogens is 2. The number of aromatic amines is 1. The van der Waals surface area contributed by atoms with Gasteiger partial charge in [0, 0.05) is 64.3 Å². The lowest BCUT2D eigenvalue weighted by Gasteiger charge is -2.34. The normalized spacial score (nSPS) is 27.2. The topological polar surface area (TPSA) is 492 Å². The van der Waals surface area contributed by atoms with Crippen LogP contribution in [0.1, 0.15) is 124 Å². The van der Waals surface area contributed by atoms with E-state index in [1.807, 2.05) is 4.98 Å². The molecule has 2 fully saturated rings. The maximum Gasteiger partial charge on any atom is 0.332 e. The number of carbonyl (C=O) groups excluding carboxylic acids is 11. The van der Waals surface area contributed by atoms with Crippen molar-refractivity contribution < 1.29 is 97.2 Å². The van der Waals surface area contributed by atoms with Crippen LogP contribution in [0.15, 0.2) is 88.6 Å². The number of esters is 2. The summed E-state index contributed by atoms with van der Waals surface area (Å²) in [6.07, 6.45) is -6.23. The first-order valence-electron chi connectivity index (χ1n) is 34.8. The van der Waals surface area contributed by atoms with Crippen LogP contribution in [0, 0.1) is 17.8 Å². The monoisotopic (exact) mass is 1460 g/mol. The molecule has 2 saturated heterocycles. The number of hydrogen-bond acceptors (Lipinski definition) is 23. The second kappa shape index (κ2) is 39.4. The van der Waals surface area contributed by atoms with Crippen LogP contribution in [0.4, 0.5) is 0 Å². The largest absolute Gasteiger partial charge is 0.487 e. The van der Waals surface area contributed by atoms with Crippen LogP contribution >= 0.6 is 0 Å². The average molecular weight is 1460 g/mol. The Morgan fingerprint density at radius 2 is 1.39 bits per heavy atom. The Balaban J connectivity index is 1.23. The van der Waals surface area contributed by atoms with Crippen LogP contribution in [0.2, 0.25) is 0 Å². The SMILES string of the molecule is CC[C@H](C)[C@H]1NC(=O)[C@@H](NC(=O)[C@H](C)[C@H](O)C(C)C)[C@@H](C)OC(=O)[C@@H]2COC(=O)CNC(=O)/C=C/[C@@](O)(CNCCCCCNC(=O)CCCC(=O)NC[C@H]3O[C@@H](n4ccc(=O)[nH]c4=O)[C@H](O)[C@@H]3O)[C@H](C)Oc3ccc(cc3)[C@H](NC1=O)C(=O)N(C)[C@@H](Cc1ccccc1)C(=O)N[C@H]([C@@H](C)O)C(=O)N2. The zero-order chi connectivity index (χ0) is 76.7. The molecule has 0 radical (unpaired) electrons. The minimum Gasteiger partial charge on any atom is -0.487 e. The highest BCUT2D eigenvalue weighted by atomic mass is 16.6. The van der Waals surface area contributed by atoms with Crippen LogP contribution in [-0.4, -0.2) is 230 Å². The standard InChI is InChI=1S/C70H100N12O22/c1-10-38(4)54-63(94)80-57-44-22-24-45(25-23-44)103-42(8)70(100,36-71-29-15-12-16-30-72-49(84)20-17-21-50(85)73-33-48-59(90)60(91)67(104-48)82-31-27-52(87)76-69(82)99)28-26-51(86)74-34-53(88)101-35-46(68(98)102-41(7)56(65(96)77-54)79-61(92)39(5)58(89)37(2)3)75-64(95)55(40(6)83)78-62(93)47(81(9)66(57)97)32-43-18-13-11-14-19-43/h11,13-14,18-19,22-28,31,37-42,46-48,54-60,67,71,83,89-91,100H,10,12,15-17,20-21,29-30,32-36H2,1-9H3,(H,72,84)(H,73,85)(H,74,86)(H,75,95)(H,77,96)(H,78,93)(H,79,92)(H,80,94)(H,76,87,99)/b28-26+/t38-,39+,40+,41+,42-,46-,47-,48+,54+,55+,56-,57-,58+,59+,60+,67+,70+/m0/s1. The second-order valence-corrected chi connectivity index (χ2v) is 26.8. The number of carbonyl (C=O) groups is 11. The Bertz CT molecular complexity index is 3610. The van der Waals surface area contributed by atoms with E-state index in [-0.39, 0.29) is 62.4 Å². The Labute approximate surface area is 600 Å². The number of nitrogens with one attached hydrogen (secondary N) is 10. The first-order chi connectivity index (χ1) is 49.2. The molecule has 34 nitrogen and oxygen atoms in total. The zero-order valence-corrected chi connectivity index (χ0v) is 59.8. The number of fused-ring (bicyclic) bond motifs is 11. The van der Waals surface area contributed by atoms with Gasteiger partial charge in [-0.1, -0.05) is 89.9 Å². The van der Waals surface area contributed by atoms with Gasteiger partial charge in [-0.05, 0) is 87.7 Å². The number of rotatable bonds is 24. The Kier molecular flexibility index (Phi) is 31.7. The molecule has 5 heterocycles. The summed E-state index contributed by atoms with van der Waals surface area (Å²) in [6, 6.07) is 4.67. The first kappa shape index (κ1) is 83.5. The molecular formula is C70H100N12O22. The third-order valence-electron chi connectivity index (χ3n) is 18.4. The molecule has 34 heteroatoms. The lowest BCUT2D eigenvalue weighted by molar-refractivity contribution is -0.160. The van der Waals surface area contributed by atoms with Crippen LogP contribution in [-0.2, 0) is 73.4 Å². The van der Waals surface area contributed by atoms with Gasteiger partial charge in [0.25, 0.3) is 5.56 Å². The van der Waals surface area contributed by atoms with Gasteiger partial charge in [-0.25, -0.2) is 9.59 Å². The molecule has 0 saturated carbocycles. The number of amides is 9. The zero-order valence-electron chi connectivity index (χ0n) is 59.8. The maximum absolute atomic E-state index is 15.5. The van der Waals surface area contributed by atoms with Crippen molar-refractivity contribution in [2.75, 3.05) is 46.4 Å². The fraction of sp³-hybridized carbons (Fsp3) is 0.586. The molecular weight excluding hydrogens is 1360 g/mol. The summed E-state index contributed by atoms with van der Waals surface area (Å²) < 4.78 is 24.0. The number of aliphatic hydroxyl groups is 5. The number of benzene rings is 2. The lowest BCUT2D eigenvalue weighted by Crippen LogP contribution is -2.61. The van der Waals surface area contributed by atoms with E-state index in [1.54, 1.807) is 58.0 Å². The average Bonchev–Trinajstić information content (AvgIpc) is 1.66. The van der Waals surface area contributed by atoms with Crippen molar-refractivity contribution in [3.05, 3.63) is 111 Å². The van der Waals surface area contributed by atoms with E-state index in [0.717, 1.165) is 40.8 Å². The molecule has 9 amide bonds. The van der Waals surface area contributed by atoms with Gasteiger partial charge in [-0.15, -0.1) is 0 Å². The number of H-pyrrole nitrogens is 1. The van der Waals surface area contributed by atoms with Gasteiger partial charge in [0.15, 0.2) is 12.3 Å². The van der Waals surface area contributed by atoms with E-state index >= 15 is 9.59 Å². The molecule has 0 spiro atoms. The van der Waals surface area contributed by atoms with Gasteiger partial charge < -0.3 is 97.2 Å². The number of unbranched alkanes of at least 4 members (excludes halogenated alkanes) is 2. The van der Waals surface area contributed by atoms with Crippen molar-refractivity contribution in [3.8, 4) is 5.75 Å². The van der Waals surface area contributed by atoms with Gasteiger partial charge in [0.2, 0.25) is 53.2 Å². The molecule has 4 aliphatic heterocycles. The van der Waals surface area contributed by atoms with Gasteiger partial charge in [-0.2, -0.15) is 0 Å². The lowest BCUT2D eigenvalue weighted by atomic mass is 9.93. The van der Waals surface area contributed by atoms with E-state index in [9.17, 15) is 78.3 Å². The number of cyclic esters (lactones) is 1. The molecule has 4 bridgehead atoms. The van der Waals surface area contributed by atoms with Crippen LogP contribution in [0.3, 0.4) is 0 Å². The highest BCUT2D eigenvalue weighted by Crippen LogP contribution is 2.29. The molecule has 4 aliphatic rings. The quantitative estimate of drug-likeness (QED) is 0.0313. The molecule has 17 atom stereocenters. The fourth-order valence-corrected chi connectivity index (χ4v) is 11.6. The van der Waals surface area contributed by atoms with Gasteiger partial charge in [0.05, 0.1) is 18.1 Å². The van der Waals surface area contributed by atoms with Gasteiger partial charge >= 0.3 is 17.6 Å². The molecule has 572 valence electrons. The summed E-state index contributed by atoms with van der Waals surface area (Å²) in [7, 11) is 1.28. The predicted molar refractivity (Wildman–Crippen MR) is 370 cm³/mol. The number of hydrogen-bond donors (Lipinski definition) is 15. The minimum atomic E-state index is -2.03. The fourth-order valence-electron chi connectivity index (χ4n) is 11.6. The van der Waals surface area contributed by atoms with E-state index < -0.39 is 192 Å². The van der Waals surface area contributed by atoms with Crippen LogP contribution in [0.25, 0.3) is 0 Å². The molecule has 15 N–H and O–H groups in total. The summed E-state index contributed by atoms with van der Waals surface area (Å²) in [5, 5.41) is 79.1. The number of likely N-dealkylation sites (N-methyl/N-ethyl adjacent to an activating group) is 1.